The predicted octanol–water partition coefficient (Wildman–Crippen LogP) is 1.65. The quantitative estimate of drug-likeness (QED) is 0.773. The van der Waals surface area contributed by atoms with Gasteiger partial charge in [-0.2, -0.15) is 5.10 Å². The van der Waals surface area contributed by atoms with Gasteiger partial charge in [0.25, 0.3) is 0 Å². The molecule has 1 aromatic heterocycles. The third kappa shape index (κ3) is 1.57. The van der Waals surface area contributed by atoms with Crippen LogP contribution < -0.4 is 4.74 Å². The summed E-state index contributed by atoms with van der Waals surface area (Å²) >= 11 is 0. The van der Waals surface area contributed by atoms with Gasteiger partial charge in [0, 0.05) is 0 Å². The molecular formula is C11H12N2O2. The van der Waals surface area contributed by atoms with Crippen LogP contribution in [0.5, 0.6) is 5.75 Å². The number of hydrogen-bond acceptors (Lipinski definition) is 3. The molecule has 1 unspecified atom stereocenters. The number of aromatic amines is 1. The van der Waals surface area contributed by atoms with Gasteiger partial charge in [0.1, 0.15) is 18.5 Å². The molecule has 15 heavy (non-hydrogen) atoms. The minimum Gasteiger partial charge on any atom is -0.490 e. The second kappa shape index (κ2) is 3.24. The second-order valence-corrected chi connectivity index (χ2v) is 3.81. The number of nitrogens with zero attached hydrogens (tertiary/aromatic N) is 1. The number of rotatable bonds is 3. The van der Waals surface area contributed by atoms with Crippen molar-refractivity contribution in [2.75, 3.05) is 13.2 Å². The normalized spacial score (nSPS) is 19.4. The molecule has 2 aromatic rings. The Morgan fingerprint density at radius 2 is 2.47 bits per heavy atom. The van der Waals surface area contributed by atoms with Crippen LogP contribution in [0, 0.1) is 6.92 Å². The van der Waals surface area contributed by atoms with Crippen LogP contribution in [0.3, 0.4) is 0 Å². The molecule has 1 aliphatic rings. The van der Waals surface area contributed by atoms with Crippen molar-refractivity contribution < 1.29 is 9.47 Å². The van der Waals surface area contributed by atoms with Crippen molar-refractivity contribution >= 4 is 10.9 Å². The number of epoxide rings is 1. The van der Waals surface area contributed by atoms with Gasteiger partial charge >= 0.3 is 0 Å². The van der Waals surface area contributed by atoms with E-state index in [1.807, 2.05) is 19.1 Å². The first-order chi connectivity index (χ1) is 7.34. The van der Waals surface area contributed by atoms with Crippen molar-refractivity contribution in [1.29, 1.82) is 0 Å². The summed E-state index contributed by atoms with van der Waals surface area (Å²) in [6.07, 6.45) is 2.08. The summed E-state index contributed by atoms with van der Waals surface area (Å²) in [5, 5.41) is 7.98. The van der Waals surface area contributed by atoms with Crippen LogP contribution in [-0.2, 0) is 4.74 Å². The minimum atomic E-state index is 0.284. The average molecular weight is 204 g/mol. The van der Waals surface area contributed by atoms with Gasteiger partial charge in [0.2, 0.25) is 0 Å². The highest BCUT2D eigenvalue weighted by atomic mass is 16.6. The topological polar surface area (TPSA) is 50.4 Å². The third-order valence-corrected chi connectivity index (χ3v) is 2.59. The van der Waals surface area contributed by atoms with Crippen LogP contribution in [0.4, 0.5) is 0 Å². The zero-order chi connectivity index (χ0) is 10.3. The zero-order valence-corrected chi connectivity index (χ0v) is 8.49. The van der Waals surface area contributed by atoms with Crippen LogP contribution in [0.2, 0.25) is 0 Å². The van der Waals surface area contributed by atoms with Crippen molar-refractivity contribution in [3.8, 4) is 5.75 Å². The Morgan fingerprint density at radius 1 is 1.60 bits per heavy atom. The van der Waals surface area contributed by atoms with E-state index < -0.39 is 0 Å². The molecule has 4 nitrogen and oxygen atoms in total. The van der Waals surface area contributed by atoms with Gasteiger partial charge in [-0.05, 0) is 18.6 Å². The van der Waals surface area contributed by atoms with E-state index in [1.54, 1.807) is 6.20 Å². The number of aryl methyl sites for hydroxylation is 1. The fraction of sp³-hybridized carbons (Fsp3) is 0.364. The van der Waals surface area contributed by atoms with Crippen molar-refractivity contribution in [2.45, 2.75) is 13.0 Å². The summed E-state index contributed by atoms with van der Waals surface area (Å²) in [5.41, 5.74) is 2.14. The lowest BCUT2D eigenvalue weighted by Crippen LogP contribution is -2.05. The van der Waals surface area contributed by atoms with Crippen LogP contribution in [0.25, 0.3) is 10.9 Å². The van der Waals surface area contributed by atoms with Gasteiger partial charge in [0.15, 0.2) is 0 Å². The maximum absolute atomic E-state index is 5.75. The largest absolute Gasteiger partial charge is 0.490 e. The van der Waals surface area contributed by atoms with Gasteiger partial charge in [-0.15, -0.1) is 0 Å². The molecule has 4 heteroatoms. The fourth-order valence-electron chi connectivity index (χ4n) is 1.63. The first-order valence-electron chi connectivity index (χ1n) is 5.01. The van der Waals surface area contributed by atoms with E-state index >= 15 is 0 Å². The summed E-state index contributed by atoms with van der Waals surface area (Å²) in [4.78, 5) is 0. The standard InChI is InChI=1S/C11H12N2O2/c1-7-2-3-10-9(4-12-13-10)11(7)15-6-8-5-14-8/h2-4,8H,5-6H2,1H3,(H,12,13). The Bertz CT molecular complexity index is 488. The zero-order valence-electron chi connectivity index (χ0n) is 8.49. The Balaban J connectivity index is 1.97. The van der Waals surface area contributed by atoms with Gasteiger partial charge in [-0.25, -0.2) is 0 Å². The highest BCUT2D eigenvalue weighted by molar-refractivity contribution is 5.85. The molecule has 1 aliphatic heterocycles. The molecule has 3 rings (SSSR count). The van der Waals surface area contributed by atoms with E-state index in [0.717, 1.165) is 28.8 Å². The number of hydrogen-bond donors (Lipinski definition) is 1. The molecular weight excluding hydrogens is 192 g/mol. The molecule has 0 amide bonds. The smallest absolute Gasteiger partial charge is 0.133 e. The highest BCUT2D eigenvalue weighted by Gasteiger charge is 2.23. The van der Waals surface area contributed by atoms with Crippen LogP contribution in [0.1, 0.15) is 5.56 Å². The Morgan fingerprint density at radius 3 is 3.27 bits per heavy atom. The predicted molar refractivity (Wildman–Crippen MR) is 56.1 cm³/mol. The molecule has 1 aromatic carbocycles. The van der Waals surface area contributed by atoms with Gasteiger partial charge in [0.05, 0.1) is 23.7 Å². The van der Waals surface area contributed by atoms with Gasteiger partial charge in [-0.1, -0.05) is 6.07 Å². The molecule has 0 spiro atoms. The number of nitrogens with one attached hydrogen (secondary N) is 1. The summed E-state index contributed by atoms with van der Waals surface area (Å²) in [6.45, 7) is 3.49. The van der Waals surface area contributed by atoms with E-state index in [2.05, 4.69) is 10.2 Å². The maximum Gasteiger partial charge on any atom is 0.133 e. The number of aromatic nitrogens is 2. The number of H-pyrrole nitrogens is 1. The molecule has 1 saturated heterocycles. The van der Waals surface area contributed by atoms with Crippen LogP contribution in [0.15, 0.2) is 18.3 Å². The lowest BCUT2D eigenvalue weighted by molar-refractivity contribution is 0.264. The van der Waals surface area contributed by atoms with Gasteiger partial charge < -0.3 is 9.47 Å². The molecule has 0 saturated carbocycles. The monoisotopic (exact) mass is 204 g/mol. The van der Waals surface area contributed by atoms with Gasteiger partial charge in [-0.3, -0.25) is 5.10 Å². The Kier molecular flexibility index (Phi) is 1.89. The summed E-state index contributed by atoms with van der Waals surface area (Å²) in [7, 11) is 0. The fourth-order valence-corrected chi connectivity index (χ4v) is 1.63. The molecule has 78 valence electrons. The maximum atomic E-state index is 5.75. The third-order valence-electron chi connectivity index (χ3n) is 2.59. The Hall–Kier alpha value is -1.55. The molecule has 1 atom stereocenters. The van der Waals surface area contributed by atoms with E-state index in [1.165, 1.54) is 0 Å². The first-order valence-corrected chi connectivity index (χ1v) is 5.01. The molecule has 1 fully saturated rings. The SMILES string of the molecule is Cc1ccc2[nH]ncc2c1OCC1CO1. The summed E-state index contributed by atoms with van der Waals surface area (Å²) in [6, 6.07) is 4.04. The molecule has 1 N–H and O–H groups in total. The van der Waals surface area contributed by atoms with Crippen LogP contribution in [-0.4, -0.2) is 29.5 Å². The second-order valence-electron chi connectivity index (χ2n) is 3.81. The highest BCUT2D eigenvalue weighted by Crippen LogP contribution is 2.28. The summed E-state index contributed by atoms with van der Waals surface area (Å²) in [5.74, 6) is 0.914. The molecule has 0 aliphatic carbocycles. The molecule has 0 radical (unpaired) electrons. The first kappa shape index (κ1) is 8.73. The number of fused-ring (bicyclic) bond motifs is 1. The van der Waals surface area contributed by atoms with Crippen molar-refractivity contribution in [1.82, 2.24) is 10.2 Å². The van der Waals surface area contributed by atoms with E-state index in [4.69, 9.17) is 9.47 Å². The van der Waals surface area contributed by atoms with E-state index in [-0.39, 0.29) is 6.10 Å². The van der Waals surface area contributed by atoms with E-state index in [9.17, 15) is 0 Å². The Labute approximate surface area is 87.2 Å². The van der Waals surface area contributed by atoms with Crippen LogP contribution >= 0.6 is 0 Å². The number of benzene rings is 1. The summed E-state index contributed by atoms with van der Waals surface area (Å²) < 4.78 is 10.9. The molecule has 2 heterocycles. The lowest BCUT2D eigenvalue weighted by Gasteiger charge is -2.08. The van der Waals surface area contributed by atoms with Crippen molar-refractivity contribution in [3.05, 3.63) is 23.9 Å². The lowest BCUT2D eigenvalue weighted by atomic mass is 10.1. The van der Waals surface area contributed by atoms with Crippen molar-refractivity contribution in [3.63, 3.8) is 0 Å². The van der Waals surface area contributed by atoms with Crippen molar-refractivity contribution in [2.24, 2.45) is 0 Å². The minimum absolute atomic E-state index is 0.284. The number of ether oxygens (including phenoxy) is 2. The average Bonchev–Trinajstić information content (AvgIpc) is 2.93. The molecule has 0 bridgehead atoms. The van der Waals surface area contributed by atoms with E-state index in [0.29, 0.717) is 6.61 Å².